The lowest BCUT2D eigenvalue weighted by molar-refractivity contribution is 0.0977. The number of halogens is 1. The maximum absolute atomic E-state index is 12.7. The number of rotatable bonds is 8. The van der Waals surface area contributed by atoms with E-state index in [1.165, 1.54) is 19.2 Å². The van der Waals surface area contributed by atoms with Gasteiger partial charge in [0.25, 0.3) is 15.9 Å². The van der Waals surface area contributed by atoms with Crippen molar-refractivity contribution >= 4 is 60.6 Å². The van der Waals surface area contributed by atoms with Gasteiger partial charge in [-0.15, -0.1) is 0 Å². The molecule has 0 saturated heterocycles. The van der Waals surface area contributed by atoms with E-state index in [0.717, 1.165) is 0 Å². The van der Waals surface area contributed by atoms with E-state index >= 15 is 0 Å². The minimum absolute atomic E-state index is 0.0695. The zero-order chi connectivity index (χ0) is 24.7. The zero-order valence-corrected chi connectivity index (χ0v) is 21.5. The van der Waals surface area contributed by atoms with Gasteiger partial charge in [-0.3, -0.25) is 14.8 Å². The topological polar surface area (TPSA) is 106 Å². The first-order valence-electron chi connectivity index (χ1n) is 10.0. The smallest absolute Gasteiger partial charge is 0.261 e. The lowest BCUT2D eigenvalue weighted by Crippen LogP contribution is -2.34. The molecule has 0 atom stereocenters. The summed E-state index contributed by atoms with van der Waals surface area (Å²) in [6, 6.07) is 17.5. The summed E-state index contributed by atoms with van der Waals surface area (Å²) in [6.45, 7) is 2.40. The molecule has 3 aromatic rings. The third kappa shape index (κ3) is 6.69. The molecule has 0 aliphatic rings. The van der Waals surface area contributed by atoms with Crippen molar-refractivity contribution in [3.63, 3.8) is 0 Å². The summed E-state index contributed by atoms with van der Waals surface area (Å²) >= 11 is 8.53. The number of hydrogen-bond donors (Lipinski definition) is 3. The monoisotopic (exact) mass is 563 g/mol. The highest BCUT2D eigenvalue weighted by atomic mass is 79.9. The Hall–Kier alpha value is -3.15. The first-order valence-corrected chi connectivity index (χ1v) is 12.7. The van der Waals surface area contributed by atoms with E-state index in [2.05, 4.69) is 31.3 Å². The third-order valence-electron chi connectivity index (χ3n) is 4.48. The molecule has 3 N–H and O–H groups in total. The molecule has 0 bridgehead atoms. The highest BCUT2D eigenvalue weighted by molar-refractivity contribution is 9.10. The Labute approximate surface area is 211 Å². The van der Waals surface area contributed by atoms with Crippen molar-refractivity contribution in [3.05, 3.63) is 76.8 Å². The summed E-state index contributed by atoms with van der Waals surface area (Å²) in [6.07, 6.45) is 0. The average molecular weight is 564 g/mol. The Kier molecular flexibility index (Phi) is 8.48. The number of carbonyl (C=O) groups excluding carboxylic acids is 1. The van der Waals surface area contributed by atoms with Gasteiger partial charge in [0.2, 0.25) is 0 Å². The van der Waals surface area contributed by atoms with E-state index < -0.39 is 15.9 Å². The Bertz CT molecular complexity index is 1280. The normalized spacial score (nSPS) is 10.8. The minimum atomic E-state index is -3.78. The molecular formula is C23H22BrN3O5S2. The van der Waals surface area contributed by atoms with Crippen LogP contribution < -0.4 is 24.8 Å². The molecule has 0 unspecified atom stereocenters. The van der Waals surface area contributed by atoms with Crippen LogP contribution in [0.4, 0.5) is 11.4 Å². The van der Waals surface area contributed by atoms with Crippen LogP contribution >= 0.6 is 28.1 Å². The highest BCUT2D eigenvalue weighted by Crippen LogP contribution is 2.25. The van der Waals surface area contributed by atoms with Crippen molar-refractivity contribution in [1.82, 2.24) is 5.32 Å². The number of nitrogens with one attached hydrogen (secondary N) is 3. The number of ether oxygens (including phenoxy) is 2. The number of benzene rings is 3. The zero-order valence-electron chi connectivity index (χ0n) is 18.3. The van der Waals surface area contributed by atoms with Crippen molar-refractivity contribution in [3.8, 4) is 11.5 Å². The van der Waals surface area contributed by atoms with Crippen LogP contribution in [0.3, 0.4) is 0 Å². The van der Waals surface area contributed by atoms with Crippen molar-refractivity contribution < 1.29 is 22.7 Å². The van der Waals surface area contributed by atoms with E-state index in [4.69, 9.17) is 21.7 Å². The molecule has 34 heavy (non-hydrogen) atoms. The fourth-order valence-corrected chi connectivity index (χ4v) is 4.67. The molecule has 8 nitrogen and oxygen atoms in total. The molecular weight excluding hydrogens is 542 g/mol. The van der Waals surface area contributed by atoms with Crippen LogP contribution in [0.15, 0.2) is 76.1 Å². The second kappa shape index (κ2) is 11.3. The van der Waals surface area contributed by atoms with Crippen LogP contribution in [0.1, 0.15) is 17.3 Å². The first-order chi connectivity index (χ1) is 16.2. The first kappa shape index (κ1) is 25.5. The van der Waals surface area contributed by atoms with Crippen molar-refractivity contribution in [2.24, 2.45) is 0 Å². The second-order valence-corrected chi connectivity index (χ2v) is 9.79. The molecule has 178 valence electrons. The predicted octanol–water partition coefficient (Wildman–Crippen LogP) is 4.78. The molecule has 0 aliphatic heterocycles. The van der Waals surface area contributed by atoms with Crippen molar-refractivity contribution in [2.75, 3.05) is 23.8 Å². The van der Waals surface area contributed by atoms with Crippen LogP contribution in [0, 0.1) is 0 Å². The minimum Gasteiger partial charge on any atom is -0.496 e. The van der Waals surface area contributed by atoms with Crippen LogP contribution in [0.5, 0.6) is 11.5 Å². The Morgan fingerprint density at radius 3 is 2.24 bits per heavy atom. The number of anilines is 2. The van der Waals surface area contributed by atoms with Gasteiger partial charge in [0, 0.05) is 16.9 Å². The molecule has 0 spiro atoms. The average Bonchev–Trinajstić information content (AvgIpc) is 2.80. The summed E-state index contributed by atoms with van der Waals surface area (Å²) in [5, 5.41) is 5.51. The number of hydrogen-bond acceptors (Lipinski definition) is 6. The quantitative estimate of drug-likeness (QED) is 0.338. The molecule has 0 aliphatic carbocycles. The van der Waals surface area contributed by atoms with Gasteiger partial charge >= 0.3 is 0 Å². The van der Waals surface area contributed by atoms with E-state index in [1.807, 2.05) is 6.92 Å². The largest absolute Gasteiger partial charge is 0.496 e. The number of carbonyl (C=O) groups is 1. The molecule has 1 amide bonds. The molecule has 11 heteroatoms. The van der Waals surface area contributed by atoms with Gasteiger partial charge in [0.15, 0.2) is 5.11 Å². The molecule has 0 saturated carbocycles. The van der Waals surface area contributed by atoms with E-state index in [0.29, 0.717) is 39.5 Å². The molecule has 0 heterocycles. The second-order valence-electron chi connectivity index (χ2n) is 6.84. The van der Waals surface area contributed by atoms with Gasteiger partial charge in [-0.05, 0) is 102 Å². The maximum Gasteiger partial charge on any atom is 0.261 e. The van der Waals surface area contributed by atoms with Crippen molar-refractivity contribution in [2.45, 2.75) is 11.8 Å². The molecule has 3 aromatic carbocycles. The molecule has 0 radical (unpaired) electrons. The van der Waals surface area contributed by atoms with Crippen molar-refractivity contribution in [1.29, 1.82) is 0 Å². The molecule has 0 fully saturated rings. The Balaban J connectivity index is 1.60. The number of amides is 1. The van der Waals surface area contributed by atoms with Gasteiger partial charge in [0.1, 0.15) is 11.5 Å². The lowest BCUT2D eigenvalue weighted by atomic mass is 10.2. The van der Waals surface area contributed by atoms with Gasteiger partial charge in [-0.2, -0.15) is 0 Å². The lowest BCUT2D eigenvalue weighted by Gasteiger charge is -2.12. The van der Waals surface area contributed by atoms with Gasteiger partial charge in [-0.25, -0.2) is 8.42 Å². The summed E-state index contributed by atoms with van der Waals surface area (Å²) in [5.41, 5.74) is 1.32. The van der Waals surface area contributed by atoms with Gasteiger partial charge in [0.05, 0.1) is 23.1 Å². The van der Waals surface area contributed by atoms with Crippen LogP contribution in [-0.2, 0) is 10.0 Å². The summed E-state index contributed by atoms with van der Waals surface area (Å²) in [5.74, 6) is 0.854. The van der Waals surface area contributed by atoms with E-state index in [1.54, 1.807) is 54.6 Å². The van der Waals surface area contributed by atoms with Crippen LogP contribution in [-0.4, -0.2) is 33.2 Å². The van der Waals surface area contributed by atoms with E-state index in [-0.39, 0.29) is 10.0 Å². The van der Waals surface area contributed by atoms with Crippen LogP contribution in [0.25, 0.3) is 0 Å². The standard InChI is InChI=1S/C23H22BrN3O5S2/c1-3-32-18-9-5-17(6-10-18)27-34(29,30)19-11-7-16(8-12-19)25-23(33)26-22(28)15-4-13-21(31-2)20(24)14-15/h4-14,27H,3H2,1-2H3,(H2,25,26,28,33). The van der Waals surface area contributed by atoms with Gasteiger partial charge in [-0.1, -0.05) is 0 Å². The summed E-state index contributed by atoms with van der Waals surface area (Å²) < 4.78 is 39.0. The highest BCUT2D eigenvalue weighted by Gasteiger charge is 2.15. The van der Waals surface area contributed by atoms with Gasteiger partial charge < -0.3 is 14.8 Å². The van der Waals surface area contributed by atoms with Crippen LogP contribution in [0.2, 0.25) is 0 Å². The molecule has 0 aromatic heterocycles. The van der Waals surface area contributed by atoms with E-state index in [9.17, 15) is 13.2 Å². The Morgan fingerprint density at radius 2 is 1.65 bits per heavy atom. The molecule has 3 rings (SSSR count). The fourth-order valence-electron chi connectivity index (χ4n) is 2.86. The summed E-state index contributed by atoms with van der Waals surface area (Å²) in [4.78, 5) is 12.5. The number of thiocarbonyl (C=S) groups is 1. The fraction of sp³-hybridized carbons (Fsp3) is 0.130. The SMILES string of the molecule is CCOc1ccc(NS(=O)(=O)c2ccc(NC(=S)NC(=O)c3ccc(OC)c(Br)c3)cc2)cc1. The number of sulfonamides is 1. The third-order valence-corrected chi connectivity index (χ3v) is 6.70. The predicted molar refractivity (Wildman–Crippen MR) is 139 cm³/mol. The Morgan fingerprint density at radius 1 is 1.00 bits per heavy atom. The summed E-state index contributed by atoms with van der Waals surface area (Å²) in [7, 11) is -2.25. The maximum atomic E-state index is 12.7. The number of methoxy groups -OCH3 is 1.